The van der Waals surface area contributed by atoms with E-state index in [1.165, 1.54) is 11.3 Å². The van der Waals surface area contributed by atoms with Crippen LogP contribution in [-0.2, 0) is 9.59 Å². The van der Waals surface area contributed by atoms with E-state index in [1.807, 2.05) is 6.07 Å². The van der Waals surface area contributed by atoms with E-state index in [9.17, 15) is 19.5 Å². The molecule has 0 unspecified atom stereocenters. The highest BCUT2D eigenvalue weighted by molar-refractivity contribution is 7.14. The lowest BCUT2D eigenvalue weighted by Gasteiger charge is -2.17. The van der Waals surface area contributed by atoms with Gasteiger partial charge in [-0.1, -0.05) is 6.07 Å². The molecule has 3 heterocycles. The number of thiophene rings is 1. The Balaban J connectivity index is 1.22. The van der Waals surface area contributed by atoms with Gasteiger partial charge in [0.25, 0.3) is 5.91 Å². The number of amides is 2. The molecule has 2 amide bonds. The molecule has 0 radical (unpaired) electrons. The highest BCUT2D eigenvalue weighted by Crippen LogP contribution is 2.49. The predicted octanol–water partition coefficient (Wildman–Crippen LogP) is 1.99. The molecular weight excluding hydrogens is 460 g/mol. The molecule has 1 saturated carbocycles. The number of aliphatic carboxylic acids is 1. The molecule has 178 valence electrons. The van der Waals surface area contributed by atoms with Crippen LogP contribution in [0.15, 0.2) is 35.3 Å². The number of carbonyl (C=O) groups is 3. The van der Waals surface area contributed by atoms with E-state index in [2.05, 4.69) is 20.9 Å². The van der Waals surface area contributed by atoms with Crippen molar-refractivity contribution in [2.75, 3.05) is 19.9 Å². The molecular formula is C23H24N4O6S. The van der Waals surface area contributed by atoms with Gasteiger partial charge < -0.3 is 25.2 Å². The third-order valence-electron chi connectivity index (χ3n) is 5.97. The van der Waals surface area contributed by atoms with Crippen LogP contribution in [0.3, 0.4) is 0 Å². The van der Waals surface area contributed by atoms with Gasteiger partial charge in [0.15, 0.2) is 17.5 Å². The number of rotatable bonds is 7. The van der Waals surface area contributed by atoms with Crippen LogP contribution in [0.25, 0.3) is 0 Å². The molecule has 1 aromatic heterocycles. The number of hydrogen-bond acceptors (Lipinski definition) is 8. The third kappa shape index (κ3) is 4.84. The molecule has 0 bridgehead atoms. The molecule has 4 N–H and O–H groups in total. The minimum atomic E-state index is -1.03. The van der Waals surface area contributed by atoms with Crippen LogP contribution < -0.4 is 25.4 Å². The molecule has 3 aliphatic rings. The Labute approximate surface area is 199 Å². The summed E-state index contributed by atoms with van der Waals surface area (Å²) in [6.45, 7) is 1.61. The molecule has 34 heavy (non-hydrogen) atoms. The van der Waals surface area contributed by atoms with Crippen LogP contribution >= 0.6 is 11.3 Å². The summed E-state index contributed by atoms with van der Waals surface area (Å²) in [6.07, 6.45) is 1.40. The summed E-state index contributed by atoms with van der Waals surface area (Å²) in [5.74, 6) is 0.104. The number of carboxylic acids is 1. The van der Waals surface area contributed by atoms with Crippen LogP contribution in [0.4, 0.5) is 0 Å². The van der Waals surface area contributed by atoms with Gasteiger partial charge in [-0.15, -0.1) is 11.3 Å². The van der Waals surface area contributed by atoms with E-state index in [-0.39, 0.29) is 36.9 Å². The minimum absolute atomic E-state index is 0.0677. The quantitative estimate of drug-likeness (QED) is 0.471. The summed E-state index contributed by atoms with van der Waals surface area (Å²) in [5, 5.41) is 18.1. The van der Waals surface area contributed by atoms with Crippen LogP contribution in [0, 0.1) is 5.92 Å². The first-order chi connectivity index (χ1) is 16.5. The Morgan fingerprint density at radius 3 is 2.85 bits per heavy atom. The standard InChI is InChI=1S/C23H24N4O6S/c28-20(29)10-15(12-2-3-16-17(8-12)33-11-32-16)26-22(31)19-5-4-18(34-19)13-9-14(13)21(30)27-23-24-6-1-7-25-23/h2-5,8,13-15H,1,6-7,9-11H2,(H,26,31)(H,28,29)(H2,24,25,27,30)/t13-,14+,15+/m0/s1. The van der Waals surface area contributed by atoms with E-state index >= 15 is 0 Å². The normalized spacial score (nSPS) is 21.1. The second-order valence-corrected chi connectivity index (χ2v) is 9.50. The summed E-state index contributed by atoms with van der Waals surface area (Å²) in [4.78, 5) is 42.5. The highest BCUT2D eigenvalue weighted by Gasteiger charge is 2.45. The zero-order valence-electron chi connectivity index (χ0n) is 18.2. The monoisotopic (exact) mass is 484 g/mol. The molecule has 0 saturated heterocycles. The van der Waals surface area contributed by atoms with Gasteiger partial charge in [-0.05, 0) is 42.7 Å². The lowest BCUT2D eigenvalue weighted by molar-refractivity contribution is -0.137. The molecule has 1 aromatic carbocycles. The lowest BCUT2D eigenvalue weighted by Crippen LogP contribution is -2.44. The van der Waals surface area contributed by atoms with Gasteiger partial charge in [0.05, 0.1) is 17.3 Å². The fraction of sp³-hybridized carbons (Fsp3) is 0.391. The fourth-order valence-electron chi connectivity index (χ4n) is 4.09. The molecule has 0 spiro atoms. The van der Waals surface area contributed by atoms with Crippen LogP contribution in [-0.4, -0.2) is 48.7 Å². The molecule has 2 aromatic rings. The second kappa shape index (κ2) is 9.34. The SMILES string of the molecule is O=C(O)C[C@@H](NC(=O)c1ccc([C@H]2C[C@H]2C(=O)NC2=NCCCN2)s1)c1ccc2c(c1)OCO2. The van der Waals surface area contributed by atoms with Crippen molar-refractivity contribution in [1.82, 2.24) is 16.0 Å². The number of aliphatic imine (C=N–C) groups is 1. The van der Waals surface area contributed by atoms with E-state index < -0.39 is 12.0 Å². The summed E-state index contributed by atoms with van der Waals surface area (Å²) < 4.78 is 10.7. The molecule has 3 atom stereocenters. The predicted molar refractivity (Wildman–Crippen MR) is 123 cm³/mol. The Morgan fingerprint density at radius 1 is 1.21 bits per heavy atom. The van der Waals surface area contributed by atoms with Crippen molar-refractivity contribution in [3.05, 3.63) is 45.6 Å². The van der Waals surface area contributed by atoms with Crippen molar-refractivity contribution in [3.63, 3.8) is 0 Å². The van der Waals surface area contributed by atoms with Gasteiger partial charge in [-0.2, -0.15) is 0 Å². The van der Waals surface area contributed by atoms with Crippen molar-refractivity contribution < 1.29 is 29.0 Å². The van der Waals surface area contributed by atoms with Crippen LogP contribution in [0.5, 0.6) is 11.5 Å². The Morgan fingerprint density at radius 2 is 2.06 bits per heavy atom. The number of nitrogens with zero attached hydrogens (tertiary/aromatic N) is 1. The molecule has 5 rings (SSSR count). The summed E-state index contributed by atoms with van der Waals surface area (Å²) in [5.41, 5.74) is 0.620. The van der Waals surface area contributed by atoms with Gasteiger partial charge in [-0.25, -0.2) is 0 Å². The van der Waals surface area contributed by atoms with Crippen molar-refractivity contribution in [3.8, 4) is 11.5 Å². The summed E-state index contributed by atoms with van der Waals surface area (Å²) in [6, 6.07) is 7.96. The van der Waals surface area contributed by atoms with Gasteiger partial charge >= 0.3 is 5.97 Å². The smallest absolute Gasteiger partial charge is 0.305 e. The molecule has 11 heteroatoms. The zero-order valence-corrected chi connectivity index (χ0v) is 19.0. The molecule has 1 aliphatic carbocycles. The van der Waals surface area contributed by atoms with Gasteiger partial charge in [0.1, 0.15) is 0 Å². The number of benzene rings is 1. The number of carboxylic acid groups (broad SMARTS) is 1. The Bertz CT molecular complexity index is 1160. The minimum Gasteiger partial charge on any atom is -0.481 e. The maximum absolute atomic E-state index is 12.9. The average Bonchev–Trinajstić information content (AvgIpc) is 3.24. The van der Waals surface area contributed by atoms with E-state index in [1.54, 1.807) is 24.3 Å². The number of ether oxygens (including phenoxy) is 2. The molecule has 10 nitrogen and oxygen atoms in total. The number of guanidine groups is 1. The topological polar surface area (TPSA) is 138 Å². The van der Waals surface area contributed by atoms with E-state index in [0.29, 0.717) is 34.4 Å². The summed E-state index contributed by atoms with van der Waals surface area (Å²) >= 11 is 1.32. The van der Waals surface area contributed by atoms with Crippen molar-refractivity contribution in [1.29, 1.82) is 0 Å². The van der Waals surface area contributed by atoms with Crippen molar-refractivity contribution >= 4 is 35.1 Å². The van der Waals surface area contributed by atoms with Gasteiger partial charge in [-0.3, -0.25) is 24.7 Å². The lowest BCUT2D eigenvalue weighted by atomic mass is 10.0. The Kier molecular flexibility index (Phi) is 6.10. The van der Waals surface area contributed by atoms with Gasteiger partial charge in [0.2, 0.25) is 12.7 Å². The highest BCUT2D eigenvalue weighted by atomic mass is 32.1. The zero-order chi connectivity index (χ0) is 23.7. The van der Waals surface area contributed by atoms with E-state index in [4.69, 9.17) is 9.47 Å². The number of hydrogen-bond donors (Lipinski definition) is 4. The average molecular weight is 485 g/mol. The maximum atomic E-state index is 12.9. The van der Waals surface area contributed by atoms with E-state index in [0.717, 1.165) is 24.3 Å². The number of fused-ring (bicyclic) bond motifs is 1. The Hall–Kier alpha value is -3.60. The molecule has 2 aliphatic heterocycles. The number of nitrogens with one attached hydrogen (secondary N) is 3. The largest absolute Gasteiger partial charge is 0.481 e. The van der Waals surface area contributed by atoms with Crippen LogP contribution in [0.1, 0.15) is 51.3 Å². The summed E-state index contributed by atoms with van der Waals surface area (Å²) in [7, 11) is 0. The first-order valence-electron chi connectivity index (χ1n) is 11.1. The maximum Gasteiger partial charge on any atom is 0.305 e. The van der Waals surface area contributed by atoms with Crippen molar-refractivity contribution in [2.45, 2.75) is 31.2 Å². The third-order valence-corrected chi connectivity index (χ3v) is 7.18. The molecule has 1 fully saturated rings. The van der Waals surface area contributed by atoms with Crippen LogP contribution in [0.2, 0.25) is 0 Å². The number of carbonyl (C=O) groups excluding carboxylic acids is 2. The second-order valence-electron chi connectivity index (χ2n) is 8.39. The fourth-order valence-corrected chi connectivity index (χ4v) is 5.17. The first-order valence-corrected chi connectivity index (χ1v) is 11.9. The first kappa shape index (κ1) is 22.2. The van der Waals surface area contributed by atoms with Gasteiger partial charge in [0, 0.05) is 29.8 Å². The van der Waals surface area contributed by atoms with Crippen molar-refractivity contribution in [2.24, 2.45) is 10.9 Å².